The van der Waals surface area contributed by atoms with Crippen molar-refractivity contribution in [3.05, 3.63) is 65.5 Å². The monoisotopic (exact) mass is 434 g/mol. The van der Waals surface area contributed by atoms with Crippen molar-refractivity contribution in [1.29, 1.82) is 0 Å². The summed E-state index contributed by atoms with van der Waals surface area (Å²) in [5.41, 5.74) is -0.756. The van der Waals surface area contributed by atoms with E-state index in [-0.39, 0.29) is 17.3 Å². The van der Waals surface area contributed by atoms with Gasteiger partial charge in [0.2, 0.25) is 5.91 Å². The lowest BCUT2D eigenvalue weighted by molar-refractivity contribution is -0.137. The second-order valence-corrected chi connectivity index (χ2v) is 7.44. The predicted molar refractivity (Wildman–Crippen MR) is 108 cm³/mol. The van der Waals surface area contributed by atoms with Crippen LogP contribution in [0.1, 0.15) is 42.9 Å². The number of alkyl halides is 3. The third-order valence-electron chi connectivity index (χ3n) is 5.30. The standard InChI is InChI=1S/C23H22F4N2O2/c1-2-20(30)29(19-9-5-6-16(14-19)23(25,26)27)21(15-10-12-17(24)13-11-15)22(31)28-18-7-3-4-8-18/h1,5-6,9-14,18,20-21,30H,3-4,7-8H2,(H,28,31). The lowest BCUT2D eigenvalue weighted by Gasteiger charge is -2.35. The molecule has 1 fully saturated rings. The molecule has 0 spiro atoms. The Balaban J connectivity index is 2.08. The molecule has 2 atom stereocenters. The number of nitrogens with one attached hydrogen (secondary N) is 1. The Bertz CT molecular complexity index is 947. The molecule has 31 heavy (non-hydrogen) atoms. The first-order chi connectivity index (χ1) is 14.7. The second-order valence-electron chi connectivity index (χ2n) is 7.44. The van der Waals surface area contributed by atoms with E-state index in [0.717, 1.165) is 54.8 Å². The quantitative estimate of drug-likeness (QED) is 0.403. The highest BCUT2D eigenvalue weighted by Crippen LogP contribution is 2.35. The first-order valence-corrected chi connectivity index (χ1v) is 9.86. The van der Waals surface area contributed by atoms with Crippen LogP contribution in [0.5, 0.6) is 0 Å². The van der Waals surface area contributed by atoms with Crippen LogP contribution >= 0.6 is 0 Å². The van der Waals surface area contributed by atoms with Crippen molar-refractivity contribution in [3.8, 4) is 12.3 Å². The zero-order chi connectivity index (χ0) is 22.6. The number of carbonyl (C=O) groups excluding carboxylic acids is 1. The molecule has 1 saturated carbocycles. The molecule has 164 valence electrons. The molecule has 8 heteroatoms. The number of hydrogen-bond donors (Lipinski definition) is 2. The lowest BCUT2D eigenvalue weighted by Crippen LogP contribution is -2.47. The minimum absolute atomic E-state index is 0.0817. The van der Waals surface area contributed by atoms with E-state index < -0.39 is 35.7 Å². The van der Waals surface area contributed by atoms with Crippen LogP contribution < -0.4 is 10.2 Å². The normalized spacial score (nSPS) is 16.4. The van der Waals surface area contributed by atoms with Crippen molar-refractivity contribution in [2.45, 2.75) is 50.2 Å². The molecular weight excluding hydrogens is 412 g/mol. The summed E-state index contributed by atoms with van der Waals surface area (Å²) in [7, 11) is 0. The highest BCUT2D eigenvalue weighted by Gasteiger charge is 2.36. The van der Waals surface area contributed by atoms with E-state index in [1.807, 2.05) is 0 Å². The molecule has 4 nitrogen and oxygen atoms in total. The van der Waals surface area contributed by atoms with Gasteiger partial charge < -0.3 is 15.3 Å². The van der Waals surface area contributed by atoms with Gasteiger partial charge >= 0.3 is 6.18 Å². The Labute approximate surface area is 177 Å². The number of rotatable bonds is 6. The fraction of sp³-hybridized carbons (Fsp3) is 0.348. The molecule has 1 aliphatic rings. The van der Waals surface area contributed by atoms with Gasteiger partial charge in [-0.3, -0.25) is 4.79 Å². The van der Waals surface area contributed by atoms with Crippen molar-refractivity contribution in [3.63, 3.8) is 0 Å². The topological polar surface area (TPSA) is 52.6 Å². The fourth-order valence-corrected chi connectivity index (χ4v) is 3.79. The third kappa shape index (κ3) is 5.36. The third-order valence-corrected chi connectivity index (χ3v) is 5.30. The molecule has 0 heterocycles. The van der Waals surface area contributed by atoms with Crippen LogP contribution in [-0.2, 0) is 11.0 Å². The van der Waals surface area contributed by atoms with E-state index in [1.165, 1.54) is 24.3 Å². The number of anilines is 1. The zero-order valence-corrected chi connectivity index (χ0v) is 16.6. The van der Waals surface area contributed by atoms with E-state index >= 15 is 0 Å². The van der Waals surface area contributed by atoms with Gasteiger partial charge in [-0.05, 0) is 48.7 Å². The smallest absolute Gasteiger partial charge is 0.363 e. The Hall–Kier alpha value is -3.05. The number of hydrogen-bond acceptors (Lipinski definition) is 3. The Morgan fingerprint density at radius 2 is 1.81 bits per heavy atom. The molecule has 2 unspecified atom stereocenters. The first-order valence-electron chi connectivity index (χ1n) is 9.86. The summed E-state index contributed by atoms with van der Waals surface area (Å²) in [6.07, 6.45) is 2.53. The van der Waals surface area contributed by atoms with Gasteiger partial charge in [-0.15, -0.1) is 6.42 Å². The van der Waals surface area contributed by atoms with Crippen LogP contribution in [-0.4, -0.2) is 23.3 Å². The van der Waals surface area contributed by atoms with Crippen molar-refractivity contribution in [2.75, 3.05) is 4.90 Å². The number of carbonyl (C=O) groups is 1. The van der Waals surface area contributed by atoms with Crippen LogP contribution in [0.25, 0.3) is 0 Å². The molecule has 2 aromatic carbocycles. The van der Waals surface area contributed by atoms with Gasteiger partial charge in [0.25, 0.3) is 0 Å². The number of aliphatic hydroxyl groups excluding tert-OH is 1. The van der Waals surface area contributed by atoms with E-state index in [4.69, 9.17) is 6.42 Å². The molecule has 0 aromatic heterocycles. The molecule has 2 aromatic rings. The van der Waals surface area contributed by atoms with Crippen LogP contribution in [0.2, 0.25) is 0 Å². The van der Waals surface area contributed by atoms with Crippen LogP contribution in [0.15, 0.2) is 48.5 Å². The Morgan fingerprint density at radius 3 is 2.39 bits per heavy atom. The van der Waals surface area contributed by atoms with Crippen molar-refractivity contribution in [2.24, 2.45) is 0 Å². The fourth-order valence-electron chi connectivity index (χ4n) is 3.79. The van der Waals surface area contributed by atoms with E-state index in [1.54, 1.807) is 0 Å². The molecular formula is C23H22F4N2O2. The van der Waals surface area contributed by atoms with Gasteiger partial charge in [-0.2, -0.15) is 13.2 Å². The second kappa shape index (κ2) is 9.40. The minimum Gasteiger partial charge on any atom is -0.363 e. The maximum absolute atomic E-state index is 13.5. The van der Waals surface area contributed by atoms with Crippen LogP contribution in [0.3, 0.4) is 0 Å². The predicted octanol–water partition coefficient (Wildman–Crippen LogP) is 4.40. The van der Waals surface area contributed by atoms with Gasteiger partial charge in [-0.25, -0.2) is 4.39 Å². The van der Waals surface area contributed by atoms with E-state index in [0.29, 0.717) is 0 Å². The highest BCUT2D eigenvalue weighted by molar-refractivity contribution is 5.87. The highest BCUT2D eigenvalue weighted by atomic mass is 19.4. The molecule has 0 saturated heterocycles. The van der Waals surface area contributed by atoms with Gasteiger partial charge in [0.15, 0.2) is 6.23 Å². The number of benzene rings is 2. The molecule has 1 aliphatic carbocycles. The van der Waals surface area contributed by atoms with Crippen LogP contribution in [0.4, 0.5) is 23.2 Å². The van der Waals surface area contributed by atoms with Gasteiger partial charge in [0, 0.05) is 11.7 Å². The SMILES string of the molecule is C#CC(O)N(c1cccc(C(F)(F)F)c1)C(C(=O)NC1CCCC1)c1ccc(F)cc1. The lowest BCUT2D eigenvalue weighted by atomic mass is 10.0. The number of nitrogens with zero attached hydrogens (tertiary/aromatic N) is 1. The van der Waals surface area contributed by atoms with Gasteiger partial charge in [0.05, 0.1) is 5.56 Å². The maximum Gasteiger partial charge on any atom is 0.416 e. The van der Waals surface area contributed by atoms with Gasteiger partial charge in [-0.1, -0.05) is 37.0 Å². The summed E-state index contributed by atoms with van der Waals surface area (Å²) in [4.78, 5) is 14.3. The molecule has 1 amide bonds. The molecule has 0 aliphatic heterocycles. The molecule has 3 rings (SSSR count). The maximum atomic E-state index is 13.5. The summed E-state index contributed by atoms with van der Waals surface area (Å²) in [5.74, 6) is 1.00. The average Bonchev–Trinajstić information content (AvgIpc) is 3.24. The first kappa shape index (κ1) is 22.6. The number of terminal acetylenes is 1. The van der Waals surface area contributed by atoms with Crippen LogP contribution in [0, 0.1) is 18.2 Å². The Kier molecular flexibility index (Phi) is 6.86. The summed E-state index contributed by atoms with van der Waals surface area (Å²) >= 11 is 0. The summed E-state index contributed by atoms with van der Waals surface area (Å²) in [6.45, 7) is 0. The molecule has 0 bridgehead atoms. The van der Waals surface area contributed by atoms with Gasteiger partial charge in [0.1, 0.15) is 11.9 Å². The minimum atomic E-state index is -4.62. The number of amides is 1. The molecule has 2 N–H and O–H groups in total. The zero-order valence-electron chi connectivity index (χ0n) is 16.6. The number of aliphatic hydroxyl groups is 1. The van der Waals surface area contributed by atoms with E-state index in [2.05, 4.69) is 11.2 Å². The van der Waals surface area contributed by atoms with E-state index in [9.17, 15) is 27.5 Å². The van der Waals surface area contributed by atoms with Crippen molar-refractivity contribution < 1.29 is 27.5 Å². The summed E-state index contributed by atoms with van der Waals surface area (Å²) in [5, 5.41) is 13.4. The molecule has 0 radical (unpaired) electrons. The average molecular weight is 434 g/mol. The van der Waals surface area contributed by atoms with Crippen molar-refractivity contribution in [1.82, 2.24) is 5.32 Å². The summed E-state index contributed by atoms with van der Waals surface area (Å²) < 4.78 is 53.3. The Morgan fingerprint density at radius 1 is 1.16 bits per heavy atom. The summed E-state index contributed by atoms with van der Waals surface area (Å²) in [6, 6.07) is 7.82. The largest absolute Gasteiger partial charge is 0.416 e. The van der Waals surface area contributed by atoms with Crippen molar-refractivity contribution >= 4 is 11.6 Å². The number of halogens is 4.